The quantitative estimate of drug-likeness (QED) is 0.751. The van der Waals surface area contributed by atoms with Gasteiger partial charge in [0.15, 0.2) is 5.78 Å². The van der Waals surface area contributed by atoms with Gasteiger partial charge in [-0.25, -0.2) is 0 Å². The molecule has 2 aromatic rings. The van der Waals surface area contributed by atoms with Crippen LogP contribution in [0.1, 0.15) is 10.4 Å². The number of ketones is 1. The minimum atomic E-state index is 0.316. The maximum Gasteiger partial charge on any atom is 0.152 e. The summed E-state index contributed by atoms with van der Waals surface area (Å²) in [7, 11) is 0. The molecule has 0 saturated carbocycles. The lowest BCUT2D eigenvalue weighted by Gasteiger charge is -2.34. The average molecular weight is 393 g/mol. The summed E-state index contributed by atoms with van der Waals surface area (Å²) >= 11 is 5.09. The molecule has 1 aromatic carbocycles. The van der Waals surface area contributed by atoms with Gasteiger partial charge in [0.25, 0.3) is 0 Å². The van der Waals surface area contributed by atoms with Crippen LogP contribution in [0, 0.1) is 0 Å². The smallest absolute Gasteiger partial charge is 0.152 e. The van der Waals surface area contributed by atoms with E-state index in [2.05, 4.69) is 56.1 Å². The second-order valence-electron chi connectivity index (χ2n) is 5.96. The molecule has 3 rings (SSSR count). The van der Waals surface area contributed by atoms with Crippen LogP contribution in [0.15, 0.2) is 46.3 Å². The molecule has 5 heteroatoms. The van der Waals surface area contributed by atoms with E-state index < -0.39 is 0 Å². The van der Waals surface area contributed by atoms with E-state index in [1.54, 1.807) is 11.3 Å². The molecule has 0 bridgehead atoms. The zero-order valence-corrected chi connectivity index (χ0v) is 15.5. The number of hydrogen-bond donors (Lipinski definition) is 0. The Morgan fingerprint density at radius 1 is 1.00 bits per heavy atom. The summed E-state index contributed by atoms with van der Waals surface area (Å²) < 4.78 is 1.09. The van der Waals surface area contributed by atoms with Crippen LogP contribution in [0.2, 0.25) is 0 Å². The molecular weight excluding hydrogens is 372 g/mol. The van der Waals surface area contributed by atoms with Crippen molar-refractivity contribution in [2.24, 2.45) is 0 Å². The van der Waals surface area contributed by atoms with Gasteiger partial charge in [-0.2, -0.15) is 0 Å². The number of carbonyl (C=O) groups excluding carboxylic acids is 1. The summed E-state index contributed by atoms with van der Waals surface area (Å²) in [5.74, 6) is 0.316. The van der Waals surface area contributed by atoms with Crippen molar-refractivity contribution in [3.8, 4) is 0 Å². The SMILES string of the molecule is O=C(Cc1ccc(Br)s1)CN1CCN(Cc2ccccc2)CC1. The maximum absolute atomic E-state index is 12.2. The van der Waals surface area contributed by atoms with Gasteiger partial charge in [0.2, 0.25) is 0 Å². The van der Waals surface area contributed by atoms with Crippen molar-refractivity contribution in [2.75, 3.05) is 32.7 Å². The monoisotopic (exact) mass is 392 g/mol. The van der Waals surface area contributed by atoms with Crippen molar-refractivity contribution in [3.63, 3.8) is 0 Å². The number of carbonyl (C=O) groups is 1. The predicted molar refractivity (Wildman–Crippen MR) is 98.9 cm³/mol. The minimum absolute atomic E-state index is 0.316. The Bertz CT molecular complexity index is 635. The second kappa shape index (κ2) is 8.20. The lowest BCUT2D eigenvalue weighted by atomic mass is 10.2. The van der Waals surface area contributed by atoms with Crippen LogP contribution in [0.25, 0.3) is 0 Å². The molecule has 23 heavy (non-hydrogen) atoms. The van der Waals surface area contributed by atoms with Crippen LogP contribution in [-0.4, -0.2) is 48.3 Å². The predicted octanol–water partition coefficient (Wildman–Crippen LogP) is 3.44. The highest BCUT2D eigenvalue weighted by Gasteiger charge is 2.19. The number of benzene rings is 1. The van der Waals surface area contributed by atoms with Gasteiger partial charge in [0, 0.05) is 44.0 Å². The number of halogens is 1. The minimum Gasteiger partial charge on any atom is -0.298 e. The van der Waals surface area contributed by atoms with Crippen molar-refractivity contribution in [1.29, 1.82) is 0 Å². The third kappa shape index (κ3) is 5.24. The molecule has 3 nitrogen and oxygen atoms in total. The van der Waals surface area contributed by atoms with Gasteiger partial charge in [0.05, 0.1) is 10.3 Å². The molecule has 0 aliphatic carbocycles. The molecule has 1 aliphatic heterocycles. The molecule has 1 aliphatic rings. The van der Waals surface area contributed by atoms with E-state index in [-0.39, 0.29) is 0 Å². The van der Waals surface area contributed by atoms with Gasteiger partial charge >= 0.3 is 0 Å². The summed E-state index contributed by atoms with van der Waals surface area (Å²) in [4.78, 5) is 18.1. The van der Waals surface area contributed by atoms with Gasteiger partial charge in [-0.05, 0) is 33.6 Å². The molecule has 0 N–H and O–H groups in total. The van der Waals surface area contributed by atoms with Gasteiger partial charge in [0.1, 0.15) is 0 Å². The zero-order valence-electron chi connectivity index (χ0n) is 13.1. The number of piperazine rings is 1. The topological polar surface area (TPSA) is 23.6 Å². The standard InChI is InChI=1S/C18H21BrN2OS/c19-18-7-6-17(23-18)12-16(22)14-21-10-8-20(9-11-21)13-15-4-2-1-3-5-15/h1-7H,8-14H2. The van der Waals surface area contributed by atoms with E-state index in [0.717, 1.165) is 41.4 Å². The maximum atomic E-state index is 12.2. The van der Waals surface area contributed by atoms with Crippen LogP contribution in [0.3, 0.4) is 0 Å². The first-order valence-electron chi connectivity index (χ1n) is 7.93. The average Bonchev–Trinajstić information content (AvgIpc) is 2.95. The molecular formula is C18H21BrN2OS. The number of hydrogen-bond acceptors (Lipinski definition) is 4. The molecule has 2 heterocycles. The first kappa shape index (κ1) is 16.8. The van der Waals surface area contributed by atoms with E-state index in [1.807, 2.05) is 12.1 Å². The largest absolute Gasteiger partial charge is 0.298 e. The van der Waals surface area contributed by atoms with Gasteiger partial charge < -0.3 is 0 Å². The van der Waals surface area contributed by atoms with Crippen molar-refractivity contribution >= 4 is 33.0 Å². The van der Waals surface area contributed by atoms with Crippen LogP contribution in [-0.2, 0) is 17.8 Å². The number of Topliss-reactive ketones (excluding diaryl/α,β-unsaturated/α-hetero) is 1. The Morgan fingerprint density at radius 2 is 1.70 bits per heavy atom. The molecule has 1 fully saturated rings. The fourth-order valence-electron chi connectivity index (χ4n) is 2.89. The zero-order chi connectivity index (χ0) is 16.1. The molecule has 122 valence electrons. The van der Waals surface area contributed by atoms with E-state index >= 15 is 0 Å². The Kier molecular flexibility index (Phi) is 6.00. The fourth-order valence-corrected chi connectivity index (χ4v) is 4.41. The number of thiophene rings is 1. The molecule has 1 saturated heterocycles. The molecule has 1 aromatic heterocycles. The number of nitrogens with zero attached hydrogens (tertiary/aromatic N) is 2. The van der Waals surface area contributed by atoms with Gasteiger partial charge in [-0.1, -0.05) is 30.3 Å². The summed E-state index contributed by atoms with van der Waals surface area (Å²) in [6.45, 7) is 5.61. The molecule has 0 radical (unpaired) electrons. The summed E-state index contributed by atoms with van der Waals surface area (Å²) in [6, 6.07) is 14.6. The van der Waals surface area contributed by atoms with Crippen LogP contribution in [0.5, 0.6) is 0 Å². The Labute approximate surface area is 150 Å². The Morgan fingerprint density at radius 3 is 2.35 bits per heavy atom. The van der Waals surface area contributed by atoms with Crippen molar-refractivity contribution in [1.82, 2.24) is 9.80 Å². The van der Waals surface area contributed by atoms with Crippen LogP contribution in [0.4, 0.5) is 0 Å². The summed E-state index contributed by atoms with van der Waals surface area (Å²) in [5.41, 5.74) is 1.36. The Hall–Kier alpha value is -1.01. The first-order valence-corrected chi connectivity index (χ1v) is 9.54. The third-order valence-electron chi connectivity index (χ3n) is 4.11. The highest BCUT2D eigenvalue weighted by molar-refractivity contribution is 9.11. The first-order chi connectivity index (χ1) is 11.2. The van der Waals surface area contributed by atoms with Crippen molar-refractivity contribution in [3.05, 3.63) is 56.7 Å². The fraction of sp³-hybridized carbons (Fsp3) is 0.389. The normalized spacial score (nSPS) is 16.6. The number of rotatable bonds is 6. The lowest BCUT2D eigenvalue weighted by Crippen LogP contribution is -2.47. The van der Waals surface area contributed by atoms with Gasteiger partial charge in [-0.15, -0.1) is 11.3 Å². The third-order valence-corrected chi connectivity index (χ3v) is 5.74. The molecule has 0 atom stereocenters. The van der Waals surface area contributed by atoms with E-state index in [9.17, 15) is 4.79 Å². The molecule has 0 unspecified atom stereocenters. The van der Waals surface area contributed by atoms with Crippen molar-refractivity contribution < 1.29 is 4.79 Å². The highest BCUT2D eigenvalue weighted by Crippen LogP contribution is 2.22. The van der Waals surface area contributed by atoms with E-state index in [1.165, 1.54) is 5.56 Å². The Balaban J connectivity index is 1.41. The van der Waals surface area contributed by atoms with E-state index in [0.29, 0.717) is 18.7 Å². The highest BCUT2D eigenvalue weighted by atomic mass is 79.9. The second-order valence-corrected chi connectivity index (χ2v) is 8.51. The van der Waals surface area contributed by atoms with Crippen LogP contribution >= 0.6 is 27.3 Å². The van der Waals surface area contributed by atoms with Gasteiger partial charge in [-0.3, -0.25) is 14.6 Å². The van der Waals surface area contributed by atoms with Crippen molar-refractivity contribution in [2.45, 2.75) is 13.0 Å². The lowest BCUT2D eigenvalue weighted by molar-refractivity contribution is -0.119. The molecule has 0 spiro atoms. The van der Waals surface area contributed by atoms with Crippen LogP contribution < -0.4 is 0 Å². The summed E-state index contributed by atoms with van der Waals surface area (Å²) in [5, 5.41) is 0. The van der Waals surface area contributed by atoms with E-state index in [4.69, 9.17) is 0 Å². The summed E-state index contributed by atoms with van der Waals surface area (Å²) in [6.07, 6.45) is 0.556. The molecule has 0 amide bonds.